The van der Waals surface area contributed by atoms with Crippen LogP contribution in [0.1, 0.15) is 59.7 Å². The summed E-state index contributed by atoms with van der Waals surface area (Å²) in [5, 5.41) is 18.9. The van der Waals surface area contributed by atoms with Crippen molar-refractivity contribution < 1.29 is 29.3 Å². The van der Waals surface area contributed by atoms with Crippen LogP contribution in [-0.2, 0) is 4.74 Å². The average Bonchev–Trinajstić information content (AvgIpc) is 2.66. The van der Waals surface area contributed by atoms with Gasteiger partial charge in [-0.05, 0) is 48.9 Å². The topological polar surface area (TPSA) is 93.1 Å². The zero-order chi connectivity index (χ0) is 19.6. The predicted molar refractivity (Wildman–Crippen MR) is 100 cm³/mol. The third-order valence-corrected chi connectivity index (χ3v) is 3.97. The minimum Gasteiger partial charge on any atom is -0.508 e. The molecular weight excluding hydrogens is 348 g/mol. The fraction of sp³-hybridized carbons (Fsp3) is 0.333. The molecule has 27 heavy (non-hydrogen) atoms. The minimum absolute atomic E-state index is 0.00172. The van der Waals surface area contributed by atoms with Crippen molar-refractivity contribution in [2.24, 2.45) is 0 Å². The second kappa shape index (κ2) is 10.2. The van der Waals surface area contributed by atoms with Gasteiger partial charge in [-0.25, -0.2) is 9.59 Å². The first-order chi connectivity index (χ1) is 13.0. The van der Waals surface area contributed by atoms with Gasteiger partial charge in [0.25, 0.3) is 0 Å². The van der Waals surface area contributed by atoms with Gasteiger partial charge in [0.1, 0.15) is 22.8 Å². The molecule has 0 aromatic heterocycles. The lowest BCUT2D eigenvalue weighted by atomic mass is 10.1. The number of benzene rings is 2. The Morgan fingerprint density at radius 3 is 2.22 bits per heavy atom. The average molecular weight is 372 g/mol. The van der Waals surface area contributed by atoms with E-state index < -0.39 is 11.9 Å². The molecule has 6 heteroatoms. The molecule has 2 aromatic rings. The number of unbranched alkanes of at least 4 members (excludes halogenated alkanes) is 4. The number of phenols is 2. The number of hydrogen-bond donors (Lipinski definition) is 2. The number of hydrogen-bond acceptors (Lipinski definition) is 6. The van der Waals surface area contributed by atoms with Crippen LogP contribution in [0.5, 0.6) is 17.2 Å². The van der Waals surface area contributed by atoms with E-state index in [-0.39, 0.29) is 35.0 Å². The molecule has 0 saturated heterocycles. The molecule has 6 nitrogen and oxygen atoms in total. The zero-order valence-electron chi connectivity index (χ0n) is 15.3. The van der Waals surface area contributed by atoms with E-state index in [9.17, 15) is 19.8 Å². The highest BCUT2D eigenvalue weighted by molar-refractivity contribution is 5.96. The Kier molecular flexibility index (Phi) is 7.67. The van der Waals surface area contributed by atoms with E-state index in [1.54, 1.807) is 0 Å². The Bertz CT molecular complexity index is 767. The summed E-state index contributed by atoms with van der Waals surface area (Å²) in [6.45, 7) is 2.40. The maximum atomic E-state index is 12.3. The highest BCUT2D eigenvalue weighted by Gasteiger charge is 2.18. The fourth-order valence-corrected chi connectivity index (χ4v) is 2.47. The number of carbonyl (C=O) groups excluding carboxylic acids is 2. The van der Waals surface area contributed by atoms with Crippen LogP contribution in [0.2, 0.25) is 0 Å². The van der Waals surface area contributed by atoms with Crippen LogP contribution in [0, 0.1) is 0 Å². The summed E-state index contributed by atoms with van der Waals surface area (Å²) in [7, 11) is 0. The third kappa shape index (κ3) is 6.33. The van der Waals surface area contributed by atoms with Gasteiger partial charge in [0, 0.05) is 0 Å². The lowest BCUT2D eigenvalue weighted by Crippen LogP contribution is -2.13. The summed E-state index contributed by atoms with van der Waals surface area (Å²) >= 11 is 0. The van der Waals surface area contributed by atoms with Crippen LogP contribution in [0.15, 0.2) is 42.5 Å². The van der Waals surface area contributed by atoms with E-state index in [4.69, 9.17) is 9.47 Å². The van der Waals surface area contributed by atoms with Gasteiger partial charge in [-0.3, -0.25) is 0 Å². The smallest absolute Gasteiger partial charge is 0.343 e. The standard InChI is InChI=1S/C21H24O6/c1-2-3-4-5-6-13-26-21(25)18-14-17(23)11-12-19(18)27-20(24)15-7-9-16(22)10-8-15/h7-12,14,22-23H,2-6,13H2,1H3. The van der Waals surface area contributed by atoms with Crippen molar-refractivity contribution in [1.82, 2.24) is 0 Å². The highest BCUT2D eigenvalue weighted by atomic mass is 16.5. The van der Waals surface area contributed by atoms with Crippen molar-refractivity contribution in [2.75, 3.05) is 6.61 Å². The molecule has 2 aromatic carbocycles. The van der Waals surface area contributed by atoms with Crippen molar-refractivity contribution in [3.8, 4) is 17.2 Å². The normalized spacial score (nSPS) is 10.4. The van der Waals surface area contributed by atoms with Crippen LogP contribution in [0.25, 0.3) is 0 Å². The van der Waals surface area contributed by atoms with Crippen LogP contribution >= 0.6 is 0 Å². The van der Waals surface area contributed by atoms with Gasteiger partial charge >= 0.3 is 11.9 Å². The molecule has 0 unspecified atom stereocenters. The molecule has 0 aliphatic rings. The summed E-state index contributed by atoms with van der Waals surface area (Å²) in [5.74, 6) is -1.44. The molecule has 0 radical (unpaired) electrons. The molecule has 144 valence electrons. The highest BCUT2D eigenvalue weighted by Crippen LogP contribution is 2.25. The number of ether oxygens (including phenoxy) is 2. The zero-order valence-corrected chi connectivity index (χ0v) is 15.3. The van der Waals surface area contributed by atoms with Crippen LogP contribution < -0.4 is 4.74 Å². The quantitative estimate of drug-likeness (QED) is 0.384. The van der Waals surface area contributed by atoms with Crippen LogP contribution in [-0.4, -0.2) is 28.8 Å². The molecular formula is C21H24O6. The molecule has 0 atom stereocenters. The molecule has 0 spiro atoms. The van der Waals surface area contributed by atoms with Gasteiger partial charge in [-0.1, -0.05) is 32.6 Å². The third-order valence-electron chi connectivity index (χ3n) is 3.97. The van der Waals surface area contributed by atoms with Gasteiger partial charge in [-0.15, -0.1) is 0 Å². The van der Waals surface area contributed by atoms with Gasteiger partial charge < -0.3 is 19.7 Å². The molecule has 2 rings (SSSR count). The van der Waals surface area contributed by atoms with Gasteiger partial charge in [0.15, 0.2) is 0 Å². The first kappa shape index (κ1) is 20.3. The summed E-state index contributed by atoms with van der Waals surface area (Å²) in [6.07, 6.45) is 5.11. The lowest BCUT2D eigenvalue weighted by Gasteiger charge is -2.11. The van der Waals surface area contributed by atoms with E-state index >= 15 is 0 Å². The van der Waals surface area contributed by atoms with E-state index in [1.807, 2.05) is 0 Å². The first-order valence-corrected chi connectivity index (χ1v) is 9.02. The monoisotopic (exact) mass is 372 g/mol. The van der Waals surface area contributed by atoms with Gasteiger partial charge in [-0.2, -0.15) is 0 Å². The number of carbonyl (C=O) groups is 2. The molecule has 0 aliphatic carbocycles. The van der Waals surface area contributed by atoms with Crippen molar-refractivity contribution in [3.63, 3.8) is 0 Å². The van der Waals surface area contributed by atoms with E-state index in [2.05, 4.69) is 6.92 Å². The second-order valence-electron chi connectivity index (χ2n) is 6.17. The van der Waals surface area contributed by atoms with Crippen molar-refractivity contribution >= 4 is 11.9 Å². The fourth-order valence-electron chi connectivity index (χ4n) is 2.47. The number of rotatable bonds is 9. The van der Waals surface area contributed by atoms with Crippen molar-refractivity contribution in [3.05, 3.63) is 53.6 Å². The Hall–Kier alpha value is -3.02. The van der Waals surface area contributed by atoms with Crippen LogP contribution in [0.3, 0.4) is 0 Å². The van der Waals surface area contributed by atoms with Crippen molar-refractivity contribution in [2.45, 2.75) is 39.0 Å². The molecule has 0 amide bonds. The Labute approximate surface area is 158 Å². The lowest BCUT2D eigenvalue weighted by molar-refractivity contribution is 0.0491. The number of aromatic hydroxyl groups is 2. The van der Waals surface area contributed by atoms with Crippen molar-refractivity contribution in [1.29, 1.82) is 0 Å². The SMILES string of the molecule is CCCCCCCOC(=O)c1cc(O)ccc1OC(=O)c1ccc(O)cc1. The molecule has 0 fully saturated rings. The summed E-state index contributed by atoms with van der Waals surface area (Å²) in [5.41, 5.74) is 0.201. The molecule has 0 heterocycles. The molecule has 0 bridgehead atoms. The van der Waals surface area contributed by atoms with E-state index in [0.717, 1.165) is 32.1 Å². The molecule has 0 aliphatic heterocycles. The second-order valence-corrected chi connectivity index (χ2v) is 6.17. The Morgan fingerprint density at radius 1 is 0.852 bits per heavy atom. The number of esters is 2. The van der Waals surface area contributed by atoms with Crippen LogP contribution in [0.4, 0.5) is 0 Å². The van der Waals surface area contributed by atoms with E-state index in [1.165, 1.54) is 42.5 Å². The maximum Gasteiger partial charge on any atom is 0.343 e. The number of phenolic OH excluding ortho intramolecular Hbond substituents is 2. The summed E-state index contributed by atoms with van der Waals surface area (Å²) < 4.78 is 10.5. The summed E-state index contributed by atoms with van der Waals surface area (Å²) in [4.78, 5) is 24.5. The maximum absolute atomic E-state index is 12.3. The predicted octanol–water partition coefficient (Wildman–Crippen LogP) is 4.44. The Morgan fingerprint density at radius 2 is 1.52 bits per heavy atom. The molecule has 0 saturated carbocycles. The molecule has 2 N–H and O–H groups in total. The van der Waals surface area contributed by atoms with E-state index in [0.29, 0.717) is 0 Å². The minimum atomic E-state index is -0.686. The summed E-state index contributed by atoms with van der Waals surface area (Å²) in [6, 6.07) is 9.41. The largest absolute Gasteiger partial charge is 0.508 e. The first-order valence-electron chi connectivity index (χ1n) is 9.02. The van der Waals surface area contributed by atoms with Gasteiger partial charge in [0.05, 0.1) is 12.2 Å². The Balaban J connectivity index is 2.01. The van der Waals surface area contributed by atoms with Gasteiger partial charge in [0.2, 0.25) is 0 Å².